The van der Waals surface area contributed by atoms with Gasteiger partial charge in [-0.3, -0.25) is 9.59 Å². The minimum Gasteiger partial charge on any atom is -0.352 e. The zero-order chi connectivity index (χ0) is 35.4. The molecule has 0 bridgehead atoms. The van der Waals surface area contributed by atoms with Crippen LogP contribution < -0.4 is 10.6 Å². The molecular weight excluding hydrogens is 592 g/mol. The molecule has 6 heteroatoms. The van der Waals surface area contributed by atoms with Crippen LogP contribution in [0.15, 0.2) is 24.3 Å². The van der Waals surface area contributed by atoms with Gasteiger partial charge in [0.15, 0.2) is 0 Å². The Morgan fingerprint density at radius 3 is 0.958 bits per heavy atom. The minimum absolute atomic E-state index is 0.0654. The Labute approximate surface area is 298 Å². The van der Waals surface area contributed by atoms with Gasteiger partial charge in [-0.1, -0.05) is 117 Å². The van der Waals surface area contributed by atoms with Gasteiger partial charge in [0.25, 0.3) is 11.8 Å². The predicted octanol–water partition coefficient (Wildman–Crippen LogP) is 9.92. The Balaban J connectivity index is 2.14. The zero-order valence-electron chi connectivity index (χ0n) is 32.8. The standard InChI is InChI=1S/C42H78N4O2/c1-7-9-11-13-15-17-19-21-23-25-35-45(3,4)37-27-33-43-41(47)39-29-31-40(32-30-39)42(48)44-34-28-38-46(5,6)36-26-24-22-20-18-16-14-12-10-8-2/h29-32H,7-28,33-38H2,1-6H3/p+2. The normalized spacial score (nSPS) is 12.0. The molecule has 0 aliphatic carbocycles. The summed E-state index contributed by atoms with van der Waals surface area (Å²) in [5, 5.41) is 6.14. The molecule has 0 unspecified atom stereocenters. The molecule has 0 atom stereocenters. The zero-order valence-corrected chi connectivity index (χ0v) is 32.8. The minimum atomic E-state index is -0.0654. The second kappa shape index (κ2) is 27.9. The number of benzene rings is 1. The van der Waals surface area contributed by atoms with Crippen LogP contribution in [0.5, 0.6) is 0 Å². The number of hydrogen-bond acceptors (Lipinski definition) is 2. The molecule has 0 aromatic heterocycles. The second-order valence-electron chi connectivity index (χ2n) is 15.9. The van der Waals surface area contributed by atoms with E-state index in [0.29, 0.717) is 24.2 Å². The van der Waals surface area contributed by atoms with Crippen molar-refractivity contribution in [2.75, 3.05) is 67.5 Å². The van der Waals surface area contributed by atoms with E-state index in [0.717, 1.165) is 34.9 Å². The quantitative estimate of drug-likeness (QED) is 0.0591. The molecule has 0 radical (unpaired) electrons. The van der Waals surface area contributed by atoms with Crippen molar-refractivity contribution in [3.8, 4) is 0 Å². The Kier molecular flexibility index (Phi) is 25.6. The van der Waals surface area contributed by atoms with E-state index in [1.54, 1.807) is 24.3 Å². The molecule has 0 saturated heterocycles. The molecule has 0 aliphatic rings. The number of carbonyl (C=O) groups is 2. The number of carbonyl (C=O) groups excluding carboxylic acids is 2. The second-order valence-corrected chi connectivity index (χ2v) is 15.9. The van der Waals surface area contributed by atoms with Crippen LogP contribution in [0.1, 0.15) is 176 Å². The number of amides is 2. The highest BCUT2D eigenvalue weighted by atomic mass is 16.2. The van der Waals surface area contributed by atoms with Gasteiger partial charge in [0.05, 0.1) is 54.4 Å². The summed E-state index contributed by atoms with van der Waals surface area (Å²) in [6.45, 7) is 10.4. The van der Waals surface area contributed by atoms with E-state index in [4.69, 9.17) is 0 Å². The van der Waals surface area contributed by atoms with Crippen LogP contribution in [-0.2, 0) is 0 Å². The van der Waals surface area contributed by atoms with E-state index in [1.807, 2.05) is 0 Å². The average molecular weight is 673 g/mol. The van der Waals surface area contributed by atoms with Crippen LogP contribution in [0.3, 0.4) is 0 Å². The van der Waals surface area contributed by atoms with Crippen molar-refractivity contribution in [2.45, 2.75) is 155 Å². The first kappa shape index (κ1) is 44.1. The monoisotopic (exact) mass is 673 g/mol. The number of nitrogens with one attached hydrogen (secondary N) is 2. The van der Waals surface area contributed by atoms with Crippen molar-refractivity contribution in [2.24, 2.45) is 0 Å². The average Bonchev–Trinajstić information content (AvgIpc) is 3.06. The number of quaternary nitrogens is 2. The number of rotatable bonds is 32. The summed E-state index contributed by atoms with van der Waals surface area (Å²) in [5.74, 6) is -0.131. The van der Waals surface area contributed by atoms with Gasteiger partial charge in [0.2, 0.25) is 0 Å². The lowest BCUT2D eigenvalue weighted by atomic mass is 10.1. The Bertz CT molecular complexity index is 853. The maximum absolute atomic E-state index is 12.7. The Hall–Kier alpha value is -1.92. The predicted molar refractivity (Wildman–Crippen MR) is 208 cm³/mol. The molecular formula is C42H80N4O2+2. The van der Waals surface area contributed by atoms with Crippen LogP contribution in [0.4, 0.5) is 0 Å². The first-order chi connectivity index (χ1) is 23.1. The van der Waals surface area contributed by atoms with E-state index in [2.05, 4.69) is 52.7 Å². The molecule has 6 nitrogen and oxygen atoms in total. The molecule has 1 rings (SSSR count). The van der Waals surface area contributed by atoms with E-state index in [9.17, 15) is 9.59 Å². The fourth-order valence-electron chi connectivity index (χ4n) is 6.67. The summed E-state index contributed by atoms with van der Waals surface area (Å²) in [6, 6.07) is 7.06. The molecule has 0 saturated carbocycles. The van der Waals surface area contributed by atoms with Crippen molar-refractivity contribution in [1.29, 1.82) is 0 Å². The van der Waals surface area contributed by atoms with Crippen LogP contribution in [0.25, 0.3) is 0 Å². The molecule has 0 fully saturated rings. The summed E-state index contributed by atoms with van der Waals surface area (Å²) < 4.78 is 2.01. The maximum atomic E-state index is 12.7. The van der Waals surface area contributed by atoms with E-state index >= 15 is 0 Å². The fraction of sp³-hybridized carbons (Fsp3) is 0.810. The third-order valence-electron chi connectivity index (χ3n) is 10.1. The van der Waals surface area contributed by atoms with Gasteiger partial charge in [-0.05, 0) is 49.9 Å². The highest BCUT2D eigenvalue weighted by Gasteiger charge is 2.16. The molecule has 2 amide bonds. The van der Waals surface area contributed by atoms with Crippen LogP contribution >= 0.6 is 0 Å². The van der Waals surface area contributed by atoms with E-state index < -0.39 is 0 Å². The van der Waals surface area contributed by atoms with E-state index in [-0.39, 0.29) is 11.8 Å². The summed E-state index contributed by atoms with van der Waals surface area (Å²) in [7, 11) is 9.22. The lowest BCUT2D eigenvalue weighted by Crippen LogP contribution is -2.42. The Morgan fingerprint density at radius 1 is 0.417 bits per heavy atom. The summed E-state index contributed by atoms with van der Waals surface area (Å²) in [5.41, 5.74) is 1.22. The highest BCUT2D eigenvalue weighted by Crippen LogP contribution is 2.14. The van der Waals surface area contributed by atoms with Gasteiger partial charge < -0.3 is 19.6 Å². The number of hydrogen-bond donors (Lipinski definition) is 2. The number of unbranched alkanes of at least 4 members (excludes halogenated alkanes) is 18. The Morgan fingerprint density at radius 2 is 0.667 bits per heavy atom. The lowest BCUT2D eigenvalue weighted by molar-refractivity contribution is -0.890. The van der Waals surface area contributed by atoms with Gasteiger partial charge >= 0.3 is 0 Å². The fourth-order valence-corrected chi connectivity index (χ4v) is 6.67. The topological polar surface area (TPSA) is 58.2 Å². The first-order valence-electron chi connectivity index (χ1n) is 20.4. The van der Waals surface area contributed by atoms with Gasteiger partial charge in [0, 0.05) is 37.1 Å². The van der Waals surface area contributed by atoms with Crippen molar-refractivity contribution in [3.63, 3.8) is 0 Å². The SMILES string of the molecule is CCCCCCCCCCCC[N+](C)(C)CCCNC(=O)c1ccc(C(=O)NCCC[N+](C)(C)CCCCCCCCCCCC)cc1. The number of nitrogens with zero attached hydrogens (tertiary/aromatic N) is 2. The van der Waals surface area contributed by atoms with Crippen molar-refractivity contribution in [3.05, 3.63) is 35.4 Å². The molecule has 1 aromatic rings. The summed E-state index contributed by atoms with van der Waals surface area (Å²) in [6.07, 6.45) is 29.3. The first-order valence-corrected chi connectivity index (χ1v) is 20.4. The summed E-state index contributed by atoms with van der Waals surface area (Å²) >= 11 is 0. The molecule has 48 heavy (non-hydrogen) atoms. The van der Waals surface area contributed by atoms with Crippen LogP contribution in [-0.4, -0.2) is 88.2 Å². The van der Waals surface area contributed by atoms with Gasteiger partial charge in [0.1, 0.15) is 0 Å². The largest absolute Gasteiger partial charge is 0.352 e. The van der Waals surface area contributed by atoms with Crippen LogP contribution in [0, 0.1) is 0 Å². The molecule has 1 aromatic carbocycles. The van der Waals surface area contributed by atoms with E-state index in [1.165, 1.54) is 142 Å². The molecule has 278 valence electrons. The molecule has 2 N–H and O–H groups in total. The molecule has 0 aliphatic heterocycles. The smallest absolute Gasteiger partial charge is 0.251 e. The maximum Gasteiger partial charge on any atom is 0.251 e. The van der Waals surface area contributed by atoms with Gasteiger partial charge in [-0.25, -0.2) is 0 Å². The van der Waals surface area contributed by atoms with Crippen molar-refractivity contribution in [1.82, 2.24) is 10.6 Å². The van der Waals surface area contributed by atoms with Gasteiger partial charge in [-0.15, -0.1) is 0 Å². The van der Waals surface area contributed by atoms with Crippen molar-refractivity contribution >= 4 is 11.8 Å². The summed E-state index contributed by atoms with van der Waals surface area (Å²) in [4.78, 5) is 25.4. The highest BCUT2D eigenvalue weighted by molar-refractivity contribution is 5.97. The third-order valence-corrected chi connectivity index (χ3v) is 10.1. The van der Waals surface area contributed by atoms with Crippen molar-refractivity contribution < 1.29 is 18.6 Å². The van der Waals surface area contributed by atoms with Gasteiger partial charge in [-0.2, -0.15) is 0 Å². The molecule has 0 heterocycles. The third kappa shape index (κ3) is 24.3. The lowest BCUT2D eigenvalue weighted by Gasteiger charge is -2.30. The van der Waals surface area contributed by atoms with Crippen LogP contribution in [0.2, 0.25) is 0 Å². The molecule has 0 spiro atoms.